The molecule has 1 amide bonds. The van der Waals surface area contributed by atoms with Crippen molar-refractivity contribution < 1.29 is 14.4 Å². The zero-order chi connectivity index (χ0) is 12.7. The van der Waals surface area contributed by atoms with E-state index < -0.39 is 0 Å². The van der Waals surface area contributed by atoms with Crippen LogP contribution in [0.5, 0.6) is 0 Å². The van der Waals surface area contributed by atoms with E-state index in [0.717, 1.165) is 0 Å². The van der Waals surface area contributed by atoms with Crippen LogP contribution in [-0.4, -0.2) is 12.0 Å². The molecule has 1 N–H and O–H groups in total. The lowest BCUT2D eigenvalue weighted by molar-refractivity contribution is -0.134. The van der Waals surface area contributed by atoms with Gasteiger partial charge in [-0.3, -0.25) is 9.63 Å². The Bertz CT molecular complexity index is 456. The summed E-state index contributed by atoms with van der Waals surface area (Å²) in [7, 11) is 0. The highest BCUT2D eigenvalue weighted by molar-refractivity contribution is 6.31. The molecule has 0 saturated heterocycles. The summed E-state index contributed by atoms with van der Waals surface area (Å²) >= 11 is 5.93. The van der Waals surface area contributed by atoms with E-state index in [9.17, 15) is 9.59 Å². The van der Waals surface area contributed by atoms with Gasteiger partial charge in [0.25, 0.3) is 0 Å². The number of benzene rings is 1. The molecule has 1 aromatic rings. The van der Waals surface area contributed by atoms with Crippen molar-refractivity contribution in [2.24, 2.45) is 4.99 Å². The van der Waals surface area contributed by atoms with Gasteiger partial charge in [0, 0.05) is 17.0 Å². The molecular formula is C11H11ClN2O3. The van der Waals surface area contributed by atoms with Gasteiger partial charge in [0.05, 0.1) is 5.69 Å². The number of nitrogens with one attached hydrogen (secondary N) is 1. The number of amides is 1. The Hall–Kier alpha value is -1.68. The summed E-state index contributed by atoms with van der Waals surface area (Å²) in [5, 5.41) is 0.409. The van der Waals surface area contributed by atoms with Crippen LogP contribution in [0.15, 0.2) is 23.2 Å². The maximum atomic E-state index is 10.9. The normalized spacial score (nSPS) is 9.53. The fourth-order valence-electron chi connectivity index (χ4n) is 1.10. The second-order valence-electron chi connectivity index (χ2n) is 3.11. The fourth-order valence-corrected chi connectivity index (χ4v) is 1.33. The molecule has 1 aromatic carbocycles. The van der Waals surface area contributed by atoms with E-state index in [0.29, 0.717) is 22.7 Å². The smallest absolute Gasteiger partial charge is 0.243 e. The molecular weight excluding hydrogens is 244 g/mol. The summed E-state index contributed by atoms with van der Waals surface area (Å²) in [5.74, 6) is -0.238. The highest BCUT2D eigenvalue weighted by Crippen LogP contribution is 2.26. The zero-order valence-electron chi connectivity index (χ0n) is 9.20. The average molecular weight is 255 g/mol. The molecule has 0 spiro atoms. The molecule has 0 saturated carbocycles. The Kier molecular flexibility index (Phi) is 5.36. The lowest BCUT2D eigenvalue weighted by Gasteiger charge is -2.08. The number of isocyanates is 1. The lowest BCUT2D eigenvalue weighted by Crippen LogP contribution is -2.22. The predicted molar refractivity (Wildman–Crippen MR) is 62.5 cm³/mol. The number of carbonyl (C=O) groups is 1. The third kappa shape index (κ3) is 4.00. The van der Waals surface area contributed by atoms with Gasteiger partial charge in [0.2, 0.25) is 12.0 Å². The van der Waals surface area contributed by atoms with Crippen LogP contribution in [0, 0.1) is 0 Å². The van der Waals surface area contributed by atoms with Crippen LogP contribution in [0.4, 0.5) is 5.69 Å². The summed E-state index contributed by atoms with van der Waals surface area (Å²) in [4.78, 5) is 29.6. The molecule has 17 heavy (non-hydrogen) atoms. The van der Waals surface area contributed by atoms with E-state index in [-0.39, 0.29) is 12.5 Å². The topological polar surface area (TPSA) is 67.8 Å². The first-order valence-electron chi connectivity index (χ1n) is 4.95. The molecule has 0 unspecified atom stereocenters. The van der Waals surface area contributed by atoms with Gasteiger partial charge < -0.3 is 0 Å². The minimum atomic E-state index is -0.238. The number of rotatable bonds is 5. The summed E-state index contributed by atoms with van der Waals surface area (Å²) in [6.07, 6.45) is 1.76. The number of halogens is 1. The van der Waals surface area contributed by atoms with Crippen molar-refractivity contribution in [1.82, 2.24) is 5.48 Å². The van der Waals surface area contributed by atoms with Crippen LogP contribution in [-0.2, 0) is 21.0 Å². The van der Waals surface area contributed by atoms with Gasteiger partial charge >= 0.3 is 0 Å². The summed E-state index contributed by atoms with van der Waals surface area (Å²) in [6, 6.07) is 4.91. The Balaban J connectivity index is 2.75. The molecule has 0 heterocycles. The van der Waals surface area contributed by atoms with Crippen LogP contribution < -0.4 is 5.48 Å². The maximum absolute atomic E-state index is 10.9. The SMILES string of the molecule is CCC(=O)NOCc1c(Cl)cccc1N=C=O. The van der Waals surface area contributed by atoms with Crippen molar-refractivity contribution in [2.45, 2.75) is 20.0 Å². The molecule has 0 atom stereocenters. The van der Waals surface area contributed by atoms with E-state index >= 15 is 0 Å². The molecule has 0 aliphatic heterocycles. The van der Waals surface area contributed by atoms with Crippen molar-refractivity contribution in [3.63, 3.8) is 0 Å². The number of carbonyl (C=O) groups excluding carboxylic acids is 2. The first-order valence-corrected chi connectivity index (χ1v) is 5.32. The van der Waals surface area contributed by atoms with E-state index in [1.807, 2.05) is 0 Å². The number of nitrogens with zero attached hydrogens (tertiary/aromatic N) is 1. The maximum Gasteiger partial charge on any atom is 0.243 e. The number of hydrogen-bond donors (Lipinski definition) is 1. The first-order chi connectivity index (χ1) is 8.19. The summed E-state index contributed by atoms with van der Waals surface area (Å²) in [5.41, 5.74) is 3.14. The van der Waals surface area contributed by atoms with E-state index in [1.165, 1.54) is 6.08 Å². The van der Waals surface area contributed by atoms with Crippen LogP contribution in [0.3, 0.4) is 0 Å². The molecule has 0 bridgehead atoms. The minimum Gasteiger partial charge on any atom is -0.273 e. The molecule has 0 aromatic heterocycles. The second-order valence-corrected chi connectivity index (χ2v) is 3.52. The van der Waals surface area contributed by atoms with Crippen LogP contribution >= 0.6 is 11.6 Å². The van der Waals surface area contributed by atoms with Gasteiger partial charge in [-0.1, -0.05) is 24.6 Å². The van der Waals surface area contributed by atoms with Gasteiger partial charge in [0.1, 0.15) is 6.61 Å². The number of hydroxylamine groups is 1. The highest BCUT2D eigenvalue weighted by atomic mass is 35.5. The van der Waals surface area contributed by atoms with Gasteiger partial charge in [0.15, 0.2) is 0 Å². The van der Waals surface area contributed by atoms with E-state index in [1.54, 1.807) is 25.1 Å². The Morgan fingerprint density at radius 1 is 1.59 bits per heavy atom. The largest absolute Gasteiger partial charge is 0.273 e. The average Bonchev–Trinajstić information content (AvgIpc) is 2.32. The second kappa shape index (κ2) is 6.81. The van der Waals surface area contributed by atoms with Crippen molar-refractivity contribution in [1.29, 1.82) is 0 Å². The molecule has 0 fully saturated rings. The molecule has 90 valence electrons. The van der Waals surface area contributed by atoms with Gasteiger partial charge in [-0.25, -0.2) is 10.3 Å². The van der Waals surface area contributed by atoms with Crippen LogP contribution in [0.2, 0.25) is 5.02 Å². The minimum absolute atomic E-state index is 0.0337. The van der Waals surface area contributed by atoms with E-state index in [4.69, 9.17) is 16.4 Å². The number of hydrogen-bond acceptors (Lipinski definition) is 4. The third-order valence-corrected chi connectivity index (χ3v) is 2.34. The molecule has 0 aliphatic carbocycles. The molecule has 1 rings (SSSR count). The van der Waals surface area contributed by atoms with Gasteiger partial charge in [-0.15, -0.1) is 0 Å². The van der Waals surface area contributed by atoms with Crippen LogP contribution in [0.1, 0.15) is 18.9 Å². The standard InChI is InChI=1S/C11H11ClN2O3/c1-2-11(16)14-17-6-8-9(12)4-3-5-10(8)13-7-15/h3-5H,2,6H2,1H3,(H,14,16). The Morgan fingerprint density at radius 3 is 3.00 bits per heavy atom. The predicted octanol–water partition coefficient (Wildman–Crippen LogP) is 2.27. The van der Waals surface area contributed by atoms with Crippen molar-refractivity contribution in [3.8, 4) is 0 Å². The lowest BCUT2D eigenvalue weighted by atomic mass is 10.2. The zero-order valence-corrected chi connectivity index (χ0v) is 9.95. The third-order valence-electron chi connectivity index (χ3n) is 1.98. The van der Waals surface area contributed by atoms with Gasteiger partial charge in [-0.2, -0.15) is 4.99 Å². The van der Waals surface area contributed by atoms with E-state index in [2.05, 4.69) is 10.5 Å². The molecule has 0 radical (unpaired) electrons. The van der Waals surface area contributed by atoms with Crippen molar-refractivity contribution in [2.75, 3.05) is 0 Å². The summed E-state index contributed by atoms with van der Waals surface area (Å²) in [6.45, 7) is 1.74. The molecule has 0 aliphatic rings. The van der Waals surface area contributed by atoms with Crippen molar-refractivity contribution >= 4 is 29.3 Å². The summed E-state index contributed by atoms with van der Waals surface area (Å²) < 4.78 is 0. The van der Waals surface area contributed by atoms with Gasteiger partial charge in [-0.05, 0) is 12.1 Å². The van der Waals surface area contributed by atoms with Crippen molar-refractivity contribution in [3.05, 3.63) is 28.8 Å². The monoisotopic (exact) mass is 254 g/mol. The highest BCUT2D eigenvalue weighted by Gasteiger charge is 2.07. The quantitative estimate of drug-likeness (QED) is 0.498. The molecule has 5 nitrogen and oxygen atoms in total. The molecule has 6 heteroatoms. The number of aliphatic imine (C=N–C) groups is 1. The first kappa shape index (κ1) is 13.4. The Morgan fingerprint density at radius 2 is 2.35 bits per heavy atom. The fraction of sp³-hybridized carbons (Fsp3) is 0.273. The Labute approximate surface area is 103 Å². The van der Waals surface area contributed by atoms with Crippen LogP contribution in [0.25, 0.3) is 0 Å².